The van der Waals surface area contributed by atoms with Crippen LogP contribution in [0.2, 0.25) is 10.0 Å². The highest BCUT2D eigenvalue weighted by Crippen LogP contribution is 2.41. The third-order valence-electron chi connectivity index (χ3n) is 9.68. The lowest BCUT2D eigenvalue weighted by atomic mass is 9.75. The third kappa shape index (κ3) is 10.1. The first-order valence-corrected chi connectivity index (χ1v) is 18.5. The SMILES string of the molecule is COCCCc1cc(CN(C(=O)[C@H]2CNCC[C@@]2(OC)c2ccn(CCCOc3c(Cl)cc(C)cc3Cl)c(=O)c2)C2CC2)cc(OCCOC)c1. The maximum absolute atomic E-state index is 14.7. The van der Waals surface area contributed by atoms with Gasteiger partial charge in [0, 0.05) is 65.9 Å². The van der Waals surface area contributed by atoms with Crippen LogP contribution in [0, 0.1) is 12.8 Å². The molecule has 1 saturated carbocycles. The number of pyridine rings is 1. The third-order valence-corrected chi connectivity index (χ3v) is 10.2. The van der Waals surface area contributed by atoms with E-state index in [-0.39, 0.29) is 17.5 Å². The number of carbonyl (C=O) groups excluding carboxylic acids is 1. The number of halogens is 2. The quantitative estimate of drug-likeness (QED) is 0.146. The fraction of sp³-hybridized carbons (Fsp3) is 0.538. The van der Waals surface area contributed by atoms with Gasteiger partial charge in [0.05, 0.1) is 29.2 Å². The number of piperidine rings is 1. The lowest BCUT2D eigenvalue weighted by molar-refractivity contribution is -0.155. The zero-order valence-corrected chi connectivity index (χ0v) is 31.7. The lowest BCUT2D eigenvalue weighted by Crippen LogP contribution is -2.56. The van der Waals surface area contributed by atoms with Crippen molar-refractivity contribution in [1.29, 1.82) is 0 Å². The predicted molar refractivity (Wildman–Crippen MR) is 199 cm³/mol. The van der Waals surface area contributed by atoms with Crippen molar-refractivity contribution in [3.05, 3.63) is 91.3 Å². The molecule has 1 aromatic heterocycles. The van der Waals surface area contributed by atoms with Crippen molar-refractivity contribution in [1.82, 2.24) is 14.8 Å². The summed E-state index contributed by atoms with van der Waals surface area (Å²) in [4.78, 5) is 30.1. The molecule has 0 spiro atoms. The van der Waals surface area contributed by atoms with Gasteiger partial charge in [-0.05, 0) is 105 Å². The minimum absolute atomic E-state index is 0.0212. The molecule has 2 heterocycles. The minimum Gasteiger partial charge on any atom is -0.491 e. The van der Waals surface area contributed by atoms with Gasteiger partial charge >= 0.3 is 0 Å². The summed E-state index contributed by atoms with van der Waals surface area (Å²) < 4.78 is 30.3. The van der Waals surface area contributed by atoms with E-state index in [0.29, 0.717) is 86.8 Å². The summed E-state index contributed by atoms with van der Waals surface area (Å²) >= 11 is 12.6. The van der Waals surface area contributed by atoms with Crippen molar-refractivity contribution in [3.8, 4) is 11.5 Å². The molecular formula is C39H51Cl2N3O7. The van der Waals surface area contributed by atoms with Gasteiger partial charge in [-0.25, -0.2) is 0 Å². The smallest absolute Gasteiger partial charge is 0.250 e. The van der Waals surface area contributed by atoms with E-state index in [1.165, 1.54) is 0 Å². The highest BCUT2D eigenvalue weighted by Gasteiger charge is 2.50. The molecule has 0 bridgehead atoms. The number of benzene rings is 2. The number of hydrogen-bond acceptors (Lipinski definition) is 8. The van der Waals surface area contributed by atoms with Crippen molar-refractivity contribution < 1.29 is 28.5 Å². The number of aryl methyl sites for hydroxylation is 3. The molecule has 5 rings (SSSR count). The predicted octanol–water partition coefficient (Wildman–Crippen LogP) is 6.18. The Labute approximate surface area is 311 Å². The van der Waals surface area contributed by atoms with Crippen LogP contribution in [0.3, 0.4) is 0 Å². The van der Waals surface area contributed by atoms with E-state index in [0.717, 1.165) is 48.1 Å². The number of rotatable bonds is 19. The van der Waals surface area contributed by atoms with Crippen molar-refractivity contribution >= 4 is 29.1 Å². The second-order valence-electron chi connectivity index (χ2n) is 13.4. The number of ether oxygens (including phenoxy) is 5. The molecule has 278 valence electrons. The largest absolute Gasteiger partial charge is 0.491 e. The van der Waals surface area contributed by atoms with E-state index in [2.05, 4.69) is 17.4 Å². The maximum Gasteiger partial charge on any atom is 0.250 e. The number of nitrogens with one attached hydrogen (secondary N) is 1. The maximum atomic E-state index is 14.7. The fourth-order valence-electron chi connectivity index (χ4n) is 6.92. The van der Waals surface area contributed by atoms with Gasteiger partial charge in [-0.2, -0.15) is 0 Å². The van der Waals surface area contributed by atoms with Crippen molar-refractivity contribution in [2.75, 3.05) is 60.8 Å². The Morgan fingerprint density at radius 2 is 1.69 bits per heavy atom. The van der Waals surface area contributed by atoms with Gasteiger partial charge in [-0.3, -0.25) is 9.59 Å². The Hall–Kier alpha value is -3.12. The summed E-state index contributed by atoms with van der Waals surface area (Å²) in [5.74, 6) is 0.710. The van der Waals surface area contributed by atoms with E-state index in [1.807, 2.05) is 24.0 Å². The Balaban J connectivity index is 1.32. The van der Waals surface area contributed by atoms with E-state index >= 15 is 0 Å². The molecule has 3 aromatic rings. The first-order valence-electron chi connectivity index (χ1n) is 17.8. The standard InChI is InChI=1S/C39H51Cl2N3O7/c1-27-19-34(40)37(35(41)20-27)51-16-6-13-43-14-10-30(24-36(43)45)39(49-4)11-12-42-25-33(39)38(46)44(31-8-9-31)26-29-21-28(7-5-15-47-2)22-32(23-29)50-18-17-48-3/h10,14,19-24,31,33,42H,5-9,11-13,15-18,25-26H2,1-4H3/t33-,39-/m1/s1. The molecule has 1 aliphatic heterocycles. The van der Waals surface area contributed by atoms with Crippen LogP contribution in [0.15, 0.2) is 53.5 Å². The van der Waals surface area contributed by atoms with Crippen LogP contribution in [-0.4, -0.2) is 82.3 Å². The number of aromatic nitrogens is 1. The van der Waals surface area contributed by atoms with Crippen LogP contribution in [0.4, 0.5) is 0 Å². The van der Waals surface area contributed by atoms with Crippen molar-refractivity contribution in [2.24, 2.45) is 5.92 Å². The summed E-state index contributed by atoms with van der Waals surface area (Å²) in [6.45, 7) is 5.87. The van der Waals surface area contributed by atoms with Crippen LogP contribution in [0.25, 0.3) is 0 Å². The molecule has 1 amide bonds. The average Bonchev–Trinajstić information content (AvgIpc) is 3.96. The molecule has 12 heteroatoms. The second-order valence-corrected chi connectivity index (χ2v) is 14.2. The van der Waals surface area contributed by atoms with Gasteiger partial charge < -0.3 is 38.5 Å². The first-order chi connectivity index (χ1) is 24.7. The first kappa shape index (κ1) is 39.1. The highest BCUT2D eigenvalue weighted by molar-refractivity contribution is 6.37. The molecule has 2 aliphatic rings. The summed E-state index contributed by atoms with van der Waals surface area (Å²) in [6, 6.07) is 13.6. The Morgan fingerprint density at radius 1 is 0.941 bits per heavy atom. The zero-order chi connectivity index (χ0) is 36.4. The summed E-state index contributed by atoms with van der Waals surface area (Å²) in [7, 11) is 5.00. The van der Waals surface area contributed by atoms with Gasteiger partial charge in [-0.15, -0.1) is 0 Å². The van der Waals surface area contributed by atoms with E-state index in [4.69, 9.17) is 46.9 Å². The number of nitrogens with zero attached hydrogens (tertiary/aromatic N) is 2. The normalized spacial score (nSPS) is 18.8. The highest BCUT2D eigenvalue weighted by atomic mass is 35.5. The number of carbonyl (C=O) groups is 1. The molecule has 1 N–H and O–H groups in total. The topological polar surface area (TPSA) is 100 Å². The van der Waals surface area contributed by atoms with Crippen molar-refractivity contribution in [3.63, 3.8) is 0 Å². The molecule has 2 aromatic carbocycles. The van der Waals surface area contributed by atoms with Crippen LogP contribution >= 0.6 is 23.2 Å². The fourth-order valence-corrected chi connectivity index (χ4v) is 7.63. The molecule has 1 saturated heterocycles. The number of methoxy groups -OCH3 is 3. The number of hydrogen-bond donors (Lipinski definition) is 1. The molecular weight excluding hydrogens is 693 g/mol. The van der Waals surface area contributed by atoms with Gasteiger partial charge in [0.15, 0.2) is 5.75 Å². The van der Waals surface area contributed by atoms with Crippen LogP contribution in [0.1, 0.15) is 54.4 Å². The Morgan fingerprint density at radius 3 is 2.37 bits per heavy atom. The van der Waals surface area contributed by atoms with E-state index in [1.54, 1.807) is 50.3 Å². The van der Waals surface area contributed by atoms with Crippen molar-refractivity contribution in [2.45, 2.75) is 70.2 Å². The summed E-state index contributed by atoms with van der Waals surface area (Å²) in [5.41, 5.74) is 2.71. The molecule has 2 atom stereocenters. The van der Waals surface area contributed by atoms with Crippen LogP contribution in [-0.2, 0) is 44.1 Å². The van der Waals surface area contributed by atoms with Gasteiger partial charge in [0.2, 0.25) is 5.91 Å². The monoisotopic (exact) mass is 743 g/mol. The summed E-state index contributed by atoms with van der Waals surface area (Å²) in [5, 5.41) is 4.34. The molecule has 51 heavy (non-hydrogen) atoms. The van der Waals surface area contributed by atoms with Gasteiger partial charge in [-0.1, -0.05) is 29.3 Å². The molecule has 2 fully saturated rings. The molecule has 0 unspecified atom stereocenters. The van der Waals surface area contributed by atoms with Gasteiger partial charge in [0.1, 0.15) is 18.0 Å². The molecule has 1 aliphatic carbocycles. The van der Waals surface area contributed by atoms with E-state index < -0.39 is 11.5 Å². The Kier molecular flexibility index (Phi) is 14.2. The van der Waals surface area contributed by atoms with E-state index in [9.17, 15) is 9.59 Å². The van der Waals surface area contributed by atoms with Gasteiger partial charge in [0.25, 0.3) is 5.56 Å². The summed E-state index contributed by atoms with van der Waals surface area (Å²) in [6.07, 6.45) is 6.55. The number of amides is 1. The average molecular weight is 745 g/mol. The zero-order valence-electron chi connectivity index (χ0n) is 30.2. The lowest BCUT2D eigenvalue weighted by Gasteiger charge is -2.44. The molecule has 10 nitrogen and oxygen atoms in total. The van der Waals surface area contributed by atoms with Crippen LogP contribution in [0.5, 0.6) is 11.5 Å². The second kappa shape index (κ2) is 18.6. The Bertz CT molecular complexity index is 1630. The molecule has 0 radical (unpaired) electrons. The minimum atomic E-state index is -0.952. The van der Waals surface area contributed by atoms with Crippen LogP contribution < -0.4 is 20.3 Å².